The van der Waals surface area contributed by atoms with Gasteiger partial charge in [0.15, 0.2) is 0 Å². The Bertz CT molecular complexity index is 858. The van der Waals surface area contributed by atoms with E-state index < -0.39 is 11.7 Å². The number of aryl methyl sites for hydroxylation is 1. The van der Waals surface area contributed by atoms with E-state index in [-0.39, 0.29) is 0 Å². The second-order valence-corrected chi connectivity index (χ2v) is 6.06. The van der Waals surface area contributed by atoms with Gasteiger partial charge in [-0.15, -0.1) is 5.10 Å². The fourth-order valence-corrected chi connectivity index (χ4v) is 2.79. The van der Waals surface area contributed by atoms with Crippen LogP contribution in [0.3, 0.4) is 0 Å². The number of rotatable bonds is 3. The van der Waals surface area contributed by atoms with Crippen molar-refractivity contribution in [3.05, 3.63) is 53.2 Å². The molecule has 2 heterocycles. The molecule has 0 fully saturated rings. The number of halogens is 3. The van der Waals surface area contributed by atoms with E-state index in [0.29, 0.717) is 10.2 Å². The van der Waals surface area contributed by atoms with E-state index in [9.17, 15) is 13.2 Å². The molecule has 0 unspecified atom stereocenters. The van der Waals surface area contributed by atoms with Crippen molar-refractivity contribution in [1.82, 2.24) is 25.2 Å². The van der Waals surface area contributed by atoms with Crippen LogP contribution in [0.5, 0.6) is 0 Å². The van der Waals surface area contributed by atoms with Gasteiger partial charge >= 0.3 is 6.18 Å². The summed E-state index contributed by atoms with van der Waals surface area (Å²) in [6.45, 7) is 3.94. The first kappa shape index (κ1) is 16.4. The van der Waals surface area contributed by atoms with Crippen molar-refractivity contribution < 1.29 is 13.2 Å². The number of tetrazole rings is 1. The molecule has 5 nitrogen and oxygen atoms in total. The Labute approximate surface area is 139 Å². The first-order valence-corrected chi connectivity index (χ1v) is 7.74. The Hall–Kier alpha value is -2.42. The highest BCUT2D eigenvalue weighted by molar-refractivity contribution is 7.99. The molecule has 0 N–H and O–H groups in total. The predicted molar refractivity (Wildman–Crippen MR) is 82.0 cm³/mol. The Balaban J connectivity index is 1.90. The minimum Gasteiger partial charge on any atom is -0.249 e. The Morgan fingerprint density at radius 2 is 1.88 bits per heavy atom. The van der Waals surface area contributed by atoms with E-state index >= 15 is 0 Å². The Morgan fingerprint density at radius 1 is 1.08 bits per heavy atom. The summed E-state index contributed by atoms with van der Waals surface area (Å²) in [6, 6.07) is 8.04. The molecule has 0 saturated heterocycles. The van der Waals surface area contributed by atoms with Crippen LogP contribution >= 0.6 is 11.8 Å². The fourth-order valence-electron chi connectivity index (χ4n) is 2.06. The molecule has 0 bridgehead atoms. The number of hydrogen-bond acceptors (Lipinski definition) is 5. The zero-order valence-electron chi connectivity index (χ0n) is 12.7. The van der Waals surface area contributed by atoms with Gasteiger partial charge in [-0.3, -0.25) is 0 Å². The van der Waals surface area contributed by atoms with Gasteiger partial charge in [0.05, 0.1) is 11.3 Å². The molecule has 0 atom stereocenters. The average molecular weight is 351 g/mol. The molecule has 1 aromatic carbocycles. The third kappa shape index (κ3) is 3.25. The predicted octanol–water partition coefficient (Wildman–Crippen LogP) is 3.84. The molecule has 3 aromatic rings. The molecule has 0 aliphatic carbocycles. The third-order valence-electron chi connectivity index (χ3n) is 3.50. The quantitative estimate of drug-likeness (QED) is 0.717. The summed E-state index contributed by atoms with van der Waals surface area (Å²) in [5.41, 5.74) is 2.13. The summed E-state index contributed by atoms with van der Waals surface area (Å²) in [7, 11) is 0. The lowest BCUT2D eigenvalue weighted by Gasteiger charge is -2.09. The van der Waals surface area contributed by atoms with Crippen LogP contribution in [-0.4, -0.2) is 25.2 Å². The monoisotopic (exact) mass is 351 g/mol. The van der Waals surface area contributed by atoms with E-state index in [4.69, 9.17) is 0 Å². The maximum Gasteiger partial charge on any atom is 0.417 e. The molecule has 2 aromatic heterocycles. The first-order valence-electron chi connectivity index (χ1n) is 6.92. The molecule has 3 rings (SSSR count). The lowest BCUT2D eigenvalue weighted by molar-refractivity contribution is -0.137. The molecule has 0 saturated carbocycles. The maximum absolute atomic E-state index is 12.6. The third-order valence-corrected chi connectivity index (χ3v) is 4.39. The number of aromatic nitrogens is 5. The molecule has 124 valence electrons. The second kappa shape index (κ2) is 6.23. The molecule has 0 aliphatic heterocycles. The van der Waals surface area contributed by atoms with Crippen molar-refractivity contribution in [3.63, 3.8) is 0 Å². The topological polar surface area (TPSA) is 56.5 Å². The van der Waals surface area contributed by atoms with Crippen LogP contribution in [0.15, 0.2) is 46.7 Å². The first-order chi connectivity index (χ1) is 11.4. The summed E-state index contributed by atoms with van der Waals surface area (Å²) in [5, 5.41) is 12.4. The SMILES string of the molecule is Cc1cccc(-n2nnnc2Sc2ccc(C(F)(F)F)cn2)c1C. The van der Waals surface area contributed by atoms with Gasteiger partial charge in [0, 0.05) is 6.20 Å². The second-order valence-electron chi connectivity index (χ2n) is 5.08. The summed E-state index contributed by atoms with van der Waals surface area (Å²) < 4.78 is 39.3. The smallest absolute Gasteiger partial charge is 0.249 e. The molecule has 0 spiro atoms. The lowest BCUT2D eigenvalue weighted by Crippen LogP contribution is -2.05. The van der Waals surface area contributed by atoms with E-state index in [2.05, 4.69) is 20.5 Å². The number of hydrogen-bond donors (Lipinski definition) is 0. The molecular weight excluding hydrogens is 339 g/mol. The van der Waals surface area contributed by atoms with Gasteiger partial charge < -0.3 is 0 Å². The molecule has 0 amide bonds. The van der Waals surface area contributed by atoms with Crippen molar-refractivity contribution in [1.29, 1.82) is 0 Å². The zero-order valence-corrected chi connectivity index (χ0v) is 13.6. The largest absolute Gasteiger partial charge is 0.417 e. The zero-order chi connectivity index (χ0) is 17.3. The van der Waals surface area contributed by atoms with Gasteiger partial charge in [-0.05, 0) is 65.4 Å². The van der Waals surface area contributed by atoms with E-state index in [1.807, 2.05) is 32.0 Å². The normalized spacial score (nSPS) is 11.7. The standard InChI is InChI=1S/C15H12F3N5S/c1-9-4-3-5-12(10(9)2)23-14(20-21-22-23)24-13-7-6-11(8-19-13)15(16,17)18/h3-8H,1-2H3. The van der Waals surface area contributed by atoms with Crippen molar-refractivity contribution in [3.8, 4) is 5.69 Å². The summed E-state index contributed by atoms with van der Waals surface area (Å²) in [5.74, 6) is 0. The minimum atomic E-state index is -4.41. The minimum absolute atomic E-state index is 0.379. The number of pyridine rings is 1. The van der Waals surface area contributed by atoms with Crippen LogP contribution in [0.1, 0.15) is 16.7 Å². The number of alkyl halides is 3. The van der Waals surface area contributed by atoms with Crippen molar-refractivity contribution in [2.45, 2.75) is 30.2 Å². The number of benzene rings is 1. The van der Waals surface area contributed by atoms with Crippen LogP contribution in [0.25, 0.3) is 5.69 Å². The van der Waals surface area contributed by atoms with Crippen LogP contribution in [-0.2, 0) is 6.18 Å². The van der Waals surface area contributed by atoms with E-state index in [1.165, 1.54) is 6.07 Å². The van der Waals surface area contributed by atoms with E-state index in [1.54, 1.807) is 4.68 Å². The van der Waals surface area contributed by atoms with Gasteiger partial charge in [-0.25, -0.2) is 4.98 Å². The Kier molecular flexibility index (Phi) is 4.27. The van der Waals surface area contributed by atoms with Crippen molar-refractivity contribution in [2.75, 3.05) is 0 Å². The molecule has 24 heavy (non-hydrogen) atoms. The summed E-state index contributed by atoms with van der Waals surface area (Å²) in [4.78, 5) is 3.83. The van der Waals surface area contributed by atoms with Crippen LogP contribution < -0.4 is 0 Å². The van der Waals surface area contributed by atoms with Gasteiger partial charge in [0.2, 0.25) is 5.16 Å². The van der Waals surface area contributed by atoms with Gasteiger partial charge in [-0.2, -0.15) is 17.9 Å². The molecular formula is C15H12F3N5S. The van der Waals surface area contributed by atoms with Gasteiger partial charge in [0.25, 0.3) is 0 Å². The Morgan fingerprint density at radius 3 is 2.54 bits per heavy atom. The highest BCUT2D eigenvalue weighted by Gasteiger charge is 2.30. The van der Waals surface area contributed by atoms with E-state index in [0.717, 1.165) is 40.8 Å². The fraction of sp³-hybridized carbons (Fsp3) is 0.200. The van der Waals surface area contributed by atoms with Crippen LogP contribution in [0.4, 0.5) is 13.2 Å². The van der Waals surface area contributed by atoms with Crippen molar-refractivity contribution in [2.24, 2.45) is 0 Å². The highest BCUT2D eigenvalue weighted by atomic mass is 32.2. The summed E-state index contributed by atoms with van der Waals surface area (Å²) in [6.07, 6.45) is -3.61. The number of nitrogens with zero attached hydrogens (tertiary/aromatic N) is 5. The summed E-state index contributed by atoms with van der Waals surface area (Å²) >= 11 is 1.10. The molecule has 9 heteroatoms. The maximum atomic E-state index is 12.6. The van der Waals surface area contributed by atoms with Crippen LogP contribution in [0, 0.1) is 13.8 Å². The van der Waals surface area contributed by atoms with Crippen molar-refractivity contribution >= 4 is 11.8 Å². The highest BCUT2D eigenvalue weighted by Crippen LogP contribution is 2.31. The average Bonchev–Trinajstić information content (AvgIpc) is 2.98. The van der Waals surface area contributed by atoms with Gasteiger partial charge in [0.1, 0.15) is 5.03 Å². The van der Waals surface area contributed by atoms with Gasteiger partial charge in [-0.1, -0.05) is 12.1 Å². The molecule has 0 radical (unpaired) electrons. The van der Waals surface area contributed by atoms with Crippen LogP contribution in [0.2, 0.25) is 0 Å². The molecule has 0 aliphatic rings. The lowest BCUT2D eigenvalue weighted by atomic mass is 10.1.